The third-order valence-corrected chi connectivity index (χ3v) is 3.39. The Morgan fingerprint density at radius 1 is 1.38 bits per heavy atom. The number of morpholine rings is 1. The fourth-order valence-electron chi connectivity index (χ4n) is 2.19. The van der Waals surface area contributed by atoms with E-state index in [1.807, 2.05) is 0 Å². The number of rotatable bonds is 5. The summed E-state index contributed by atoms with van der Waals surface area (Å²) in [5, 5.41) is 20.8. The van der Waals surface area contributed by atoms with E-state index in [-0.39, 0.29) is 18.0 Å². The number of ether oxygens (including phenoxy) is 2. The Morgan fingerprint density at radius 2 is 2.00 bits per heavy atom. The van der Waals surface area contributed by atoms with E-state index in [0.29, 0.717) is 32.0 Å². The molecule has 1 fully saturated rings. The number of carbonyl (C=O) groups excluding carboxylic acids is 1. The van der Waals surface area contributed by atoms with Crippen LogP contribution in [-0.2, 0) is 14.3 Å². The first-order valence-corrected chi connectivity index (χ1v) is 7.57. The molecule has 130 valence electrons. The standard InChI is InChI=1S/C16H20FN3O4/c1-2-24-16(22)13(14(18)20-7-9-23-10-8-20)15(21)19-12-5-3-11(17)4-6-12/h3-6,18,22H,2,7-10H2,1H3,(H,19,21)/b16-13-,18-14?. The van der Waals surface area contributed by atoms with Gasteiger partial charge >= 0.3 is 0 Å². The maximum atomic E-state index is 12.9. The van der Waals surface area contributed by atoms with Gasteiger partial charge in [0.25, 0.3) is 11.9 Å². The van der Waals surface area contributed by atoms with Gasteiger partial charge in [-0.2, -0.15) is 0 Å². The Balaban J connectivity index is 2.21. The van der Waals surface area contributed by atoms with Crippen molar-refractivity contribution in [3.8, 4) is 0 Å². The van der Waals surface area contributed by atoms with Crippen molar-refractivity contribution in [1.29, 1.82) is 5.41 Å². The minimum absolute atomic E-state index is 0.148. The summed E-state index contributed by atoms with van der Waals surface area (Å²) in [4.78, 5) is 14.1. The van der Waals surface area contributed by atoms with Crippen LogP contribution < -0.4 is 5.32 Å². The van der Waals surface area contributed by atoms with Crippen LogP contribution in [0.4, 0.5) is 10.1 Å². The fraction of sp³-hybridized carbons (Fsp3) is 0.375. The summed E-state index contributed by atoms with van der Waals surface area (Å²) >= 11 is 0. The monoisotopic (exact) mass is 337 g/mol. The Morgan fingerprint density at radius 3 is 2.58 bits per heavy atom. The lowest BCUT2D eigenvalue weighted by atomic mass is 10.2. The summed E-state index contributed by atoms with van der Waals surface area (Å²) in [5.41, 5.74) is 0.0704. The number of hydrogen-bond donors (Lipinski definition) is 3. The highest BCUT2D eigenvalue weighted by molar-refractivity contribution is 6.23. The quantitative estimate of drug-likeness (QED) is 0.330. The second kappa shape index (κ2) is 8.30. The highest BCUT2D eigenvalue weighted by Crippen LogP contribution is 2.15. The van der Waals surface area contributed by atoms with E-state index in [9.17, 15) is 14.3 Å². The number of hydrogen-bond acceptors (Lipinski definition) is 5. The summed E-state index contributed by atoms with van der Waals surface area (Å²) in [6, 6.07) is 5.19. The maximum Gasteiger partial charge on any atom is 0.293 e. The normalized spacial score (nSPS) is 15.5. The van der Waals surface area contributed by atoms with Gasteiger partial charge in [0.2, 0.25) is 0 Å². The van der Waals surface area contributed by atoms with Crippen molar-refractivity contribution in [1.82, 2.24) is 4.90 Å². The van der Waals surface area contributed by atoms with Crippen molar-refractivity contribution < 1.29 is 23.8 Å². The first kappa shape index (κ1) is 17.7. The zero-order valence-electron chi connectivity index (χ0n) is 13.3. The maximum absolute atomic E-state index is 12.9. The Labute approximate surface area is 139 Å². The Bertz CT molecular complexity index is 625. The number of nitrogens with zero attached hydrogens (tertiary/aromatic N) is 1. The average Bonchev–Trinajstić information content (AvgIpc) is 2.58. The van der Waals surface area contributed by atoms with Gasteiger partial charge in [-0.05, 0) is 31.2 Å². The molecular weight excluding hydrogens is 317 g/mol. The predicted octanol–water partition coefficient (Wildman–Crippen LogP) is 1.88. The number of aliphatic hydroxyl groups is 1. The number of anilines is 1. The third kappa shape index (κ3) is 4.45. The summed E-state index contributed by atoms with van der Waals surface area (Å²) in [5.74, 6) is -1.90. The molecule has 3 N–H and O–H groups in total. The molecule has 0 bridgehead atoms. The summed E-state index contributed by atoms with van der Waals surface area (Å²) in [7, 11) is 0. The summed E-state index contributed by atoms with van der Waals surface area (Å²) in [6.07, 6.45) is 0. The molecule has 7 nitrogen and oxygen atoms in total. The SMILES string of the molecule is CCO/C(O)=C(/C(=N)N1CCOCC1)C(=O)Nc1ccc(F)cc1. The lowest BCUT2D eigenvalue weighted by Gasteiger charge is -2.29. The van der Waals surface area contributed by atoms with Gasteiger partial charge in [0.05, 0.1) is 19.8 Å². The Kier molecular flexibility index (Phi) is 6.14. The molecule has 1 aliphatic rings. The van der Waals surface area contributed by atoms with E-state index in [1.165, 1.54) is 24.3 Å². The van der Waals surface area contributed by atoms with Crippen LogP contribution in [0.25, 0.3) is 0 Å². The molecule has 1 saturated heterocycles. The van der Waals surface area contributed by atoms with Crippen LogP contribution in [0.5, 0.6) is 0 Å². The second-order valence-corrected chi connectivity index (χ2v) is 5.02. The van der Waals surface area contributed by atoms with E-state index in [1.54, 1.807) is 11.8 Å². The molecule has 1 aromatic carbocycles. The molecular formula is C16H20FN3O4. The van der Waals surface area contributed by atoms with Gasteiger partial charge in [0, 0.05) is 18.8 Å². The number of halogens is 1. The molecule has 8 heteroatoms. The molecule has 0 saturated carbocycles. The van der Waals surface area contributed by atoms with Gasteiger partial charge in [-0.15, -0.1) is 0 Å². The number of nitrogens with one attached hydrogen (secondary N) is 2. The lowest BCUT2D eigenvalue weighted by Crippen LogP contribution is -2.43. The minimum atomic E-state index is -0.705. The number of carbonyl (C=O) groups is 1. The highest BCUT2D eigenvalue weighted by atomic mass is 19.1. The van der Waals surface area contributed by atoms with E-state index in [0.717, 1.165) is 0 Å². The fourth-order valence-corrected chi connectivity index (χ4v) is 2.19. The van der Waals surface area contributed by atoms with Crippen molar-refractivity contribution in [2.24, 2.45) is 0 Å². The van der Waals surface area contributed by atoms with E-state index >= 15 is 0 Å². The van der Waals surface area contributed by atoms with Crippen molar-refractivity contribution >= 4 is 17.4 Å². The molecule has 1 aromatic rings. The van der Waals surface area contributed by atoms with Crippen molar-refractivity contribution in [3.63, 3.8) is 0 Å². The van der Waals surface area contributed by atoms with Crippen molar-refractivity contribution in [2.45, 2.75) is 6.92 Å². The van der Waals surface area contributed by atoms with Crippen LogP contribution in [-0.4, -0.2) is 54.7 Å². The molecule has 0 aromatic heterocycles. The zero-order valence-corrected chi connectivity index (χ0v) is 13.3. The number of amidine groups is 1. The first-order valence-electron chi connectivity index (χ1n) is 7.57. The molecule has 0 radical (unpaired) electrons. The minimum Gasteiger partial charge on any atom is -0.480 e. The molecule has 2 rings (SSSR count). The first-order chi connectivity index (χ1) is 11.5. The molecule has 0 unspecified atom stereocenters. The molecule has 1 amide bonds. The van der Waals surface area contributed by atoms with Gasteiger partial charge in [-0.3, -0.25) is 10.2 Å². The molecule has 0 spiro atoms. The summed E-state index contributed by atoms with van der Waals surface area (Å²) < 4.78 is 23.2. The Hall–Kier alpha value is -2.61. The van der Waals surface area contributed by atoms with Crippen LogP contribution in [0.1, 0.15) is 6.92 Å². The average molecular weight is 337 g/mol. The number of amides is 1. The van der Waals surface area contributed by atoms with Crippen LogP contribution in [0, 0.1) is 11.2 Å². The number of aliphatic hydroxyl groups excluding tert-OH is 1. The van der Waals surface area contributed by atoms with Gasteiger partial charge in [0.15, 0.2) is 5.57 Å². The van der Waals surface area contributed by atoms with Gasteiger partial charge in [-0.1, -0.05) is 0 Å². The second-order valence-electron chi connectivity index (χ2n) is 5.02. The van der Waals surface area contributed by atoms with Crippen molar-refractivity contribution in [3.05, 3.63) is 41.6 Å². The van der Waals surface area contributed by atoms with Crippen LogP contribution in [0.2, 0.25) is 0 Å². The zero-order chi connectivity index (χ0) is 17.5. The van der Waals surface area contributed by atoms with Crippen LogP contribution in [0.3, 0.4) is 0 Å². The lowest BCUT2D eigenvalue weighted by molar-refractivity contribution is -0.113. The van der Waals surface area contributed by atoms with Crippen molar-refractivity contribution in [2.75, 3.05) is 38.2 Å². The molecule has 24 heavy (non-hydrogen) atoms. The highest BCUT2D eigenvalue weighted by Gasteiger charge is 2.27. The molecule has 0 aliphatic carbocycles. The molecule has 1 heterocycles. The predicted molar refractivity (Wildman–Crippen MR) is 86.4 cm³/mol. The largest absolute Gasteiger partial charge is 0.480 e. The van der Waals surface area contributed by atoms with E-state index in [2.05, 4.69) is 5.32 Å². The van der Waals surface area contributed by atoms with Crippen LogP contribution in [0.15, 0.2) is 35.8 Å². The van der Waals surface area contributed by atoms with E-state index in [4.69, 9.17) is 14.9 Å². The third-order valence-electron chi connectivity index (χ3n) is 3.39. The molecule has 0 atom stereocenters. The number of benzene rings is 1. The topological polar surface area (TPSA) is 94.9 Å². The van der Waals surface area contributed by atoms with Gasteiger partial charge in [-0.25, -0.2) is 4.39 Å². The van der Waals surface area contributed by atoms with Crippen LogP contribution >= 0.6 is 0 Å². The van der Waals surface area contributed by atoms with Gasteiger partial charge < -0.3 is 24.8 Å². The summed E-state index contributed by atoms with van der Waals surface area (Å²) in [6.45, 7) is 3.55. The van der Waals surface area contributed by atoms with E-state index < -0.39 is 17.7 Å². The van der Waals surface area contributed by atoms with Gasteiger partial charge in [0.1, 0.15) is 11.7 Å². The smallest absolute Gasteiger partial charge is 0.293 e. The molecule has 1 aliphatic heterocycles.